The van der Waals surface area contributed by atoms with Crippen LogP contribution in [0.25, 0.3) is 11.0 Å². The normalized spacial score (nSPS) is 10.7. The van der Waals surface area contributed by atoms with Crippen LogP contribution in [0.4, 0.5) is 0 Å². The van der Waals surface area contributed by atoms with Crippen LogP contribution in [0.5, 0.6) is 5.88 Å². The zero-order valence-electron chi connectivity index (χ0n) is 11.4. The molecule has 0 aliphatic rings. The van der Waals surface area contributed by atoms with E-state index in [4.69, 9.17) is 4.74 Å². The second-order valence-corrected chi connectivity index (χ2v) is 4.68. The third-order valence-electron chi connectivity index (χ3n) is 3.38. The van der Waals surface area contributed by atoms with E-state index in [1.165, 1.54) is 11.1 Å². The molecule has 0 aliphatic carbocycles. The predicted molar refractivity (Wildman–Crippen MR) is 79.9 cm³/mol. The maximum absolute atomic E-state index is 5.20. The Bertz CT molecular complexity index is 711. The number of ether oxygens (including phenoxy) is 1. The summed E-state index contributed by atoms with van der Waals surface area (Å²) in [6.07, 6.45) is 3.79. The van der Waals surface area contributed by atoms with Crippen LogP contribution >= 0.6 is 0 Å². The molecule has 3 nitrogen and oxygen atoms in total. The Balaban J connectivity index is 1.90. The van der Waals surface area contributed by atoms with Crippen molar-refractivity contribution in [1.82, 2.24) is 9.97 Å². The molecular formula is C17H16N2O. The first-order valence-corrected chi connectivity index (χ1v) is 6.69. The Morgan fingerprint density at radius 3 is 2.60 bits per heavy atom. The second kappa shape index (κ2) is 5.70. The quantitative estimate of drug-likeness (QED) is 0.724. The standard InChI is InChI=1S/C17H16N2O/c1-20-16-10-9-15-17(19-16)14(11-12-18-15)8-7-13-5-3-2-4-6-13/h2-6,9-12H,7-8H2,1H3. The van der Waals surface area contributed by atoms with Gasteiger partial charge in [-0.05, 0) is 36.1 Å². The van der Waals surface area contributed by atoms with Crippen LogP contribution in [-0.2, 0) is 12.8 Å². The number of benzene rings is 1. The molecule has 0 saturated carbocycles. The van der Waals surface area contributed by atoms with Gasteiger partial charge in [-0.1, -0.05) is 30.3 Å². The van der Waals surface area contributed by atoms with Crippen LogP contribution < -0.4 is 4.74 Å². The van der Waals surface area contributed by atoms with Gasteiger partial charge in [0.2, 0.25) is 5.88 Å². The molecule has 0 saturated heterocycles. The van der Waals surface area contributed by atoms with Crippen molar-refractivity contribution < 1.29 is 4.74 Å². The first kappa shape index (κ1) is 12.6. The van der Waals surface area contributed by atoms with Crippen LogP contribution in [0.2, 0.25) is 0 Å². The summed E-state index contributed by atoms with van der Waals surface area (Å²) in [5.41, 5.74) is 4.39. The minimum absolute atomic E-state index is 0.631. The maximum atomic E-state index is 5.20. The first-order valence-electron chi connectivity index (χ1n) is 6.69. The van der Waals surface area contributed by atoms with Gasteiger partial charge in [-0.25, -0.2) is 4.98 Å². The van der Waals surface area contributed by atoms with Crippen molar-refractivity contribution in [2.75, 3.05) is 7.11 Å². The maximum Gasteiger partial charge on any atom is 0.213 e. The van der Waals surface area contributed by atoms with Gasteiger partial charge in [-0.3, -0.25) is 4.98 Å². The minimum atomic E-state index is 0.631. The van der Waals surface area contributed by atoms with Gasteiger partial charge in [0.05, 0.1) is 18.1 Å². The fraction of sp³-hybridized carbons (Fsp3) is 0.176. The Hall–Kier alpha value is -2.42. The molecule has 3 rings (SSSR count). The first-order chi connectivity index (χ1) is 9.86. The number of aromatic nitrogens is 2. The molecule has 0 spiro atoms. The molecule has 0 amide bonds. The van der Waals surface area contributed by atoms with Crippen LogP contribution in [0, 0.1) is 0 Å². The summed E-state index contributed by atoms with van der Waals surface area (Å²) in [5.74, 6) is 0.631. The summed E-state index contributed by atoms with van der Waals surface area (Å²) in [6, 6.07) is 16.3. The smallest absolute Gasteiger partial charge is 0.213 e. The Labute approximate surface area is 118 Å². The van der Waals surface area contributed by atoms with E-state index in [9.17, 15) is 0 Å². The van der Waals surface area contributed by atoms with Crippen molar-refractivity contribution in [2.24, 2.45) is 0 Å². The molecule has 20 heavy (non-hydrogen) atoms. The zero-order valence-corrected chi connectivity index (χ0v) is 11.4. The van der Waals surface area contributed by atoms with Crippen LogP contribution in [-0.4, -0.2) is 17.1 Å². The largest absolute Gasteiger partial charge is 0.481 e. The van der Waals surface area contributed by atoms with Gasteiger partial charge in [-0.2, -0.15) is 0 Å². The molecule has 0 N–H and O–H groups in total. The monoisotopic (exact) mass is 264 g/mol. The molecule has 100 valence electrons. The molecular weight excluding hydrogens is 248 g/mol. The van der Waals surface area contributed by atoms with E-state index < -0.39 is 0 Å². The number of hydrogen-bond acceptors (Lipinski definition) is 3. The molecule has 1 aromatic carbocycles. The lowest BCUT2D eigenvalue weighted by atomic mass is 10.0. The highest BCUT2D eigenvalue weighted by molar-refractivity contribution is 5.78. The molecule has 0 atom stereocenters. The molecule has 3 heteroatoms. The van der Waals surface area contributed by atoms with Gasteiger partial charge in [0.25, 0.3) is 0 Å². The molecule has 3 aromatic rings. The zero-order chi connectivity index (χ0) is 13.8. The van der Waals surface area contributed by atoms with Crippen molar-refractivity contribution in [1.29, 1.82) is 0 Å². The fourth-order valence-electron chi connectivity index (χ4n) is 2.30. The molecule has 0 bridgehead atoms. The van der Waals surface area contributed by atoms with E-state index in [-0.39, 0.29) is 0 Å². The summed E-state index contributed by atoms with van der Waals surface area (Å²) in [4.78, 5) is 8.88. The number of rotatable bonds is 4. The highest BCUT2D eigenvalue weighted by Gasteiger charge is 2.05. The van der Waals surface area contributed by atoms with Crippen molar-refractivity contribution in [3.63, 3.8) is 0 Å². The van der Waals surface area contributed by atoms with E-state index in [0.29, 0.717) is 5.88 Å². The summed E-state index contributed by atoms with van der Waals surface area (Å²) in [7, 11) is 1.63. The average Bonchev–Trinajstić information content (AvgIpc) is 2.53. The highest BCUT2D eigenvalue weighted by atomic mass is 16.5. The molecule has 0 unspecified atom stereocenters. The van der Waals surface area contributed by atoms with Gasteiger partial charge in [-0.15, -0.1) is 0 Å². The number of fused-ring (bicyclic) bond motifs is 1. The number of aryl methyl sites for hydroxylation is 2. The van der Waals surface area contributed by atoms with Gasteiger partial charge in [0.15, 0.2) is 0 Å². The lowest BCUT2D eigenvalue weighted by Crippen LogP contribution is -1.96. The van der Waals surface area contributed by atoms with Crippen molar-refractivity contribution in [3.05, 3.63) is 65.9 Å². The SMILES string of the molecule is COc1ccc2nccc(CCc3ccccc3)c2n1. The number of methoxy groups -OCH3 is 1. The number of hydrogen-bond donors (Lipinski definition) is 0. The van der Waals surface area contributed by atoms with Crippen LogP contribution in [0.15, 0.2) is 54.7 Å². The van der Waals surface area contributed by atoms with Gasteiger partial charge in [0, 0.05) is 12.3 Å². The summed E-state index contributed by atoms with van der Waals surface area (Å²) >= 11 is 0. The van der Waals surface area contributed by atoms with E-state index in [1.54, 1.807) is 7.11 Å². The van der Waals surface area contributed by atoms with E-state index in [0.717, 1.165) is 23.9 Å². The van der Waals surface area contributed by atoms with Gasteiger partial charge in [0.1, 0.15) is 0 Å². The Morgan fingerprint density at radius 2 is 1.80 bits per heavy atom. The van der Waals surface area contributed by atoms with E-state index in [2.05, 4.69) is 34.2 Å². The minimum Gasteiger partial charge on any atom is -0.481 e. The lowest BCUT2D eigenvalue weighted by molar-refractivity contribution is 0.399. The Kier molecular flexibility index (Phi) is 3.59. The predicted octanol–water partition coefficient (Wildman–Crippen LogP) is 3.42. The summed E-state index contributed by atoms with van der Waals surface area (Å²) in [5, 5.41) is 0. The third kappa shape index (κ3) is 2.62. The van der Waals surface area contributed by atoms with Gasteiger partial charge < -0.3 is 4.74 Å². The van der Waals surface area contributed by atoms with Crippen molar-refractivity contribution in [3.8, 4) is 5.88 Å². The van der Waals surface area contributed by atoms with E-state index in [1.807, 2.05) is 30.5 Å². The van der Waals surface area contributed by atoms with Crippen LogP contribution in [0.3, 0.4) is 0 Å². The highest BCUT2D eigenvalue weighted by Crippen LogP contribution is 2.19. The molecule has 0 fully saturated rings. The summed E-state index contributed by atoms with van der Waals surface area (Å²) in [6.45, 7) is 0. The van der Waals surface area contributed by atoms with Crippen molar-refractivity contribution in [2.45, 2.75) is 12.8 Å². The van der Waals surface area contributed by atoms with Crippen LogP contribution in [0.1, 0.15) is 11.1 Å². The average molecular weight is 264 g/mol. The Morgan fingerprint density at radius 1 is 0.950 bits per heavy atom. The molecule has 2 aromatic heterocycles. The second-order valence-electron chi connectivity index (χ2n) is 4.68. The van der Waals surface area contributed by atoms with Crippen molar-refractivity contribution >= 4 is 11.0 Å². The molecule has 0 aliphatic heterocycles. The molecule has 2 heterocycles. The number of pyridine rings is 2. The lowest BCUT2D eigenvalue weighted by Gasteiger charge is -2.07. The topological polar surface area (TPSA) is 35.0 Å². The molecule has 0 radical (unpaired) electrons. The fourth-order valence-corrected chi connectivity index (χ4v) is 2.30. The van der Waals surface area contributed by atoms with Gasteiger partial charge >= 0.3 is 0 Å². The number of nitrogens with zero attached hydrogens (tertiary/aromatic N) is 2. The third-order valence-corrected chi connectivity index (χ3v) is 3.38. The summed E-state index contributed by atoms with van der Waals surface area (Å²) < 4.78 is 5.20. The van der Waals surface area contributed by atoms with E-state index >= 15 is 0 Å².